The number of H-pyrrole nitrogens is 1. The molecule has 28 heavy (non-hydrogen) atoms. The Morgan fingerprint density at radius 3 is 2.79 bits per heavy atom. The van der Waals surface area contributed by atoms with Crippen molar-refractivity contribution in [2.45, 2.75) is 25.4 Å². The summed E-state index contributed by atoms with van der Waals surface area (Å²) >= 11 is 0. The van der Waals surface area contributed by atoms with Crippen molar-refractivity contribution in [2.24, 2.45) is 0 Å². The van der Waals surface area contributed by atoms with Gasteiger partial charge in [0.15, 0.2) is 0 Å². The van der Waals surface area contributed by atoms with Gasteiger partial charge in [-0.15, -0.1) is 0 Å². The highest BCUT2D eigenvalue weighted by molar-refractivity contribution is 5.78. The molecule has 6 heteroatoms. The number of benzene rings is 2. The van der Waals surface area contributed by atoms with E-state index in [1.807, 2.05) is 54.7 Å². The summed E-state index contributed by atoms with van der Waals surface area (Å²) in [6, 6.07) is 18.0. The molecule has 2 aromatic heterocycles. The minimum Gasteiger partial charge on any atom is -0.366 e. The zero-order valence-electron chi connectivity index (χ0n) is 15.4. The van der Waals surface area contributed by atoms with E-state index < -0.39 is 12.3 Å². The predicted molar refractivity (Wildman–Crippen MR) is 107 cm³/mol. The van der Waals surface area contributed by atoms with E-state index in [4.69, 9.17) is 4.74 Å². The molecule has 1 saturated heterocycles. The van der Waals surface area contributed by atoms with Crippen LogP contribution < -0.4 is 0 Å². The van der Waals surface area contributed by atoms with Crippen LogP contribution in [-0.4, -0.2) is 45.2 Å². The summed E-state index contributed by atoms with van der Waals surface area (Å²) in [6.45, 7) is 1.89. The molecule has 0 radical (unpaired) electrons. The van der Waals surface area contributed by atoms with E-state index in [0.29, 0.717) is 19.6 Å². The standard InChI is InChI=1S/C22H21FN4O/c23-17-12-27(11-15-9-16-5-1-2-6-18(16)24-10-15)13-21(17)28-14-22-25-19-7-3-4-8-20(19)26-22/h1-10,17,21H,11-14H2,(H,25,26)/t17-,21+/m1/s1. The molecule has 0 unspecified atom stereocenters. The molecule has 0 bridgehead atoms. The van der Waals surface area contributed by atoms with Crippen LogP contribution in [0.1, 0.15) is 11.4 Å². The van der Waals surface area contributed by atoms with E-state index in [0.717, 1.165) is 33.3 Å². The van der Waals surface area contributed by atoms with Gasteiger partial charge in [0.05, 0.1) is 16.6 Å². The van der Waals surface area contributed by atoms with Crippen molar-refractivity contribution in [1.29, 1.82) is 0 Å². The number of halogens is 1. The lowest BCUT2D eigenvalue weighted by Gasteiger charge is -2.15. The molecule has 1 fully saturated rings. The molecular formula is C22H21FN4O. The first-order valence-corrected chi connectivity index (χ1v) is 9.50. The van der Waals surface area contributed by atoms with Crippen molar-refractivity contribution >= 4 is 21.9 Å². The summed E-state index contributed by atoms with van der Waals surface area (Å²) < 4.78 is 20.3. The Hall–Kier alpha value is -2.83. The molecular weight excluding hydrogens is 355 g/mol. The number of fused-ring (bicyclic) bond motifs is 2. The number of hydrogen-bond donors (Lipinski definition) is 1. The Bertz CT molecular complexity index is 1080. The minimum absolute atomic E-state index is 0.283. The molecule has 1 aliphatic heterocycles. The fourth-order valence-electron chi connectivity index (χ4n) is 3.82. The van der Waals surface area contributed by atoms with Crippen molar-refractivity contribution in [1.82, 2.24) is 19.9 Å². The zero-order valence-corrected chi connectivity index (χ0v) is 15.4. The number of aromatic amines is 1. The molecule has 0 saturated carbocycles. The summed E-state index contributed by atoms with van der Waals surface area (Å²) in [6.07, 6.45) is 0.428. The van der Waals surface area contributed by atoms with Crippen LogP contribution in [0.25, 0.3) is 21.9 Å². The highest BCUT2D eigenvalue weighted by Gasteiger charge is 2.33. The van der Waals surface area contributed by atoms with Crippen LogP contribution in [0.4, 0.5) is 4.39 Å². The molecule has 2 atom stereocenters. The number of aromatic nitrogens is 3. The quantitative estimate of drug-likeness (QED) is 0.575. The van der Waals surface area contributed by atoms with Crippen LogP contribution in [0.3, 0.4) is 0 Å². The van der Waals surface area contributed by atoms with Gasteiger partial charge in [0.2, 0.25) is 0 Å². The number of imidazole rings is 1. The molecule has 5 nitrogen and oxygen atoms in total. The van der Waals surface area contributed by atoms with Crippen LogP contribution in [-0.2, 0) is 17.9 Å². The molecule has 142 valence electrons. The highest BCUT2D eigenvalue weighted by Crippen LogP contribution is 2.22. The number of ether oxygens (including phenoxy) is 1. The van der Waals surface area contributed by atoms with Crippen LogP contribution in [0, 0.1) is 0 Å². The van der Waals surface area contributed by atoms with Gasteiger partial charge in [0.1, 0.15) is 24.7 Å². The number of pyridine rings is 1. The second-order valence-corrected chi connectivity index (χ2v) is 7.30. The van der Waals surface area contributed by atoms with Crippen molar-refractivity contribution < 1.29 is 9.13 Å². The number of rotatable bonds is 5. The molecule has 0 aliphatic carbocycles. The van der Waals surface area contributed by atoms with E-state index in [9.17, 15) is 4.39 Å². The third-order valence-electron chi connectivity index (χ3n) is 5.20. The van der Waals surface area contributed by atoms with Gasteiger partial charge in [-0.2, -0.15) is 0 Å². The average molecular weight is 376 g/mol. The number of nitrogens with one attached hydrogen (secondary N) is 1. The van der Waals surface area contributed by atoms with Crippen LogP contribution >= 0.6 is 0 Å². The average Bonchev–Trinajstić information content (AvgIpc) is 3.28. The number of para-hydroxylation sites is 3. The van der Waals surface area contributed by atoms with E-state index in [1.165, 1.54) is 0 Å². The molecule has 3 heterocycles. The van der Waals surface area contributed by atoms with Gasteiger partial charge in [-0.05, 0) is 29.8 Å². The van der Waals surface area contributed by atoms with Crippen LogP contribution in [0.5, 0.6) is 0 Å². The van der Waals surface area contributed by atoms with E-state index in [-0.39, 0.29) is 6.61 Å². The summed E-state index contributed by atoms with van der Waals surface area (Å²) in [5.74, 6) is 0.727. The molecule has 0 amide bonds. The fourth-order valence-corrected chi connectivity index (χ4v) is 3.82. The summed E-state index contributed by atoms with van der Waals surface area (Å²) in [5, 5.41) is 1.11. The topological polar surface area (TPSA) is 54.0 Å². The maximum Gasteiger partial charge on any atom is 0.140 e. The summed E-state index contributed by atoms with van der Waals surface area (Å²) in [4.78, 5) is 14.3. The lowest BCUT2D eigenvalue weighted by Crippen LogP contribution is -2.24. The molecule has 2 aromatic carbocycles. The first kappa shape index (κ1) is 17.3. The van der Waals surface area contributed by atoms with Crippen LogP contribution in [0.15, 0.2) is 60.8 Å². The number of likely N-dealkylation sites (tertiary alicyclic amines) is 1. The Kier molecular flexibility index (Phi) is 4.50. The smallest absolute Gasteiger partial charge is 0.140 e. The minimum atomic E-state index is -1.00. The van der Waals surface area contributed by atoms with Crippen molar-refractivity contribution in [3.8, 4) is 0 Å². The maximum absolute atomic E-state index is 14.5. The first-order valence-electron chi connectivity index (χ1n) is 9.50. The fraction of sp³-hybridized carbons (Fsp3) is 0.273. The number of nitrogens with zero attached hydrogens (tertiary/aromatic N) is 3. The molecule has 1 N–H and O–H groups in total. The van der Waals surface area contributed by atoms with Gasteiger partial charge >= 0.3 is 0 Å². The third-order valence-corrected chi connectivity index (χ3v) is 5.20. The summed E-state index contributed by atoms with van der Waals surface area (Å²) in [7, 11) is 0. The van der Waals surface area contributed by atoms with Gasteiger partial charge in [-0.3, -0.25) is 9.88 Å². The number of hydrogen-bond acceptors (Lipinski definition) is 4. The monoisotopic (exact) mass is 376 g/mol. The highest BCUT2D eigenvalue weighted by atomic mass is 19.1. The van der Waals surface area contributed by atoms with Crippen molar-refractivity contribution in [3.63, 3.8) is 0 Å². The van der Waals surface area contributed by atoms with Gasteiger partial charge in [-0.1, -0.05) is 30.3 Å². The van der Waals surface area contributed by atoms with E-state index in [2.05, 4.69) is 25.9 Å². The van der Waals surface area contributed by atoms with Gasteiger partial charge in [0, 0.05) is 31.2 Å². The lowest BCUT2D eigenvalue weighted by molar-refractivity contribution is 0.00863. The van der Waals surface area contributed by atoms with Crippen molar-refractivity contribution in [2.75, 3.05) is 13.1 Å². The lowest BCUT2D eigenvalue weighted by atomic mass is 10.1. The maximum atomic E-state index is 14.5. The van der Waals surface area contributed by atoms with E-state index >= 15 is 0 Å². The predicted octanol–water partition coefficient (Wildman–Crippen LogP) is 3.85. The zero-order chi connectivity index (χ0) is 18.9. The van der Waals surface area contributed by atoms with Crippen LogP contribution in [0.2, 0.25) is 0 Å². The van der Waals surface area contributed by atoms with E-state index in [1.54, 1.807) is 0 Å². The van der Waals surface area contributed by atoms with Gasteiger partial charge in [-0.25, -0.2) is 9.37 Å². The normalized spacial score (nSPS) is 20.3. The first-order chi connectivity index (χ1) is 13.7. The second-order valence-electron chi connectivity index (χ2n) is 7.30. The molecule has 1 aliphatic rings. The molecule has 5 rings (SSSR count). The Morgan fingerprint density at radius 1 is 1.07 bits per heavy atom. The van der Waals surface area contributed by atoms with Gasteiger partial charge < -0.3 is 9.72 Å². The Morgan fingerprint density at radius 2 is 1.89 bits per heavy atom. The Labute approximate surface area is 162 Å². The third kappa shape index (κ3) is 3.48. The molecule has 0 spiro atoms. The second kappa shape index (κ2) is 7.30. The SMILES string of the molecule is F[C@@H]1CN(Cc2cnc3ccccc3c2)C[C@@H]1OCc1nc2ccccc2[nH]1. The number of alkyl halides is 1. The Balaban J connectivity index is 1.21. The largest absolute Gasteiger partial charge is 0.366 e. The summed E-state index contributed by atoms with van der Waals surface area (Å²) in [5.41, 5.74) is 3.93. The van der Waals surface area contributed by atoms with Crippen molar-refractivity contribution in [3.05, 3.63) is 72.2 Å². The van der Waals surface area contributed by atoms with Gasteiger partial charge in [0.25, 0.3) is 0 Å². The molecule has 4 aromatic rings.